The van der Waals surface area contributed by atoms with Crippen molar-refractivity contribution in [3.05, 3.63) is 89.3 Å². The average molecular weight is 313 g/mol. The normalized spacial score (nSPS) is 13.3. The van der Waals surface area contributed by atoms with E-state index in [9.17, 15) is 0 Å². The molecular formula is C21H19N3. The van der Waals surface area contributed by atoms with Crippen LogP contribution in [0.25, 0.3) is 11.3 Å². The molecule has 1 aromatic heterocycles. The van der Waals surface area contributed by atoms with Gasteiger partial charge in [0.25, 0.3) is 0 Å². The molecule has 3 heteroatoms. The fourth-order valence-electron chi connectivity index (χ4n) is 3.06. The monoisotopic (exact) mass is 313 g/mol. The number of aryl methyl sites for hydroxylation is 1. The van der Waals surface area contributed by atoms with Gasteiger partial charge in [0, 0.05) is 23.9 Å². The van der Waals surface area contributed by atoms with Crippen LogP contribution >= 0.6 is 0 Å². The number of hydrogen-bond acceptors (Lipinski definition) is 2. The summed E-state index contributed by atoms with van der Waals surface area (Å²) in [4.78, 5) is 4.43. The van der Waals surface area contributed by atoms with Gasteiger partial charge < -0.3 is 0 Å². The smallest absolute Gasteiger partial charge is 0.0923 e. The van der Waals surface area contributed by atoms with E-state index in [2.05, 4.69) is 75.9 Å². The molecule has 0 aliphatic carbocycles. The Labute approximate surface area is 141 Å². The minimum Gasteiger partial charge on any atom is -0.282 e. The van der Waals surface area contributed by atoms with E-state index in [1.165, 1.54) is 16.7 Å². The Balaban J connectivity index is 1.58. The average Bonchev–Trinajstić information content (AvgIpc) is 3.27. The molecule has 0 amide bonds. The maximum Gasteiger partial charge on any atom is 0.0923 e. The highest BCUT2D eigenvalue weighted by atomic mass is 15.1. The number of nitrogens with zero attached hydrogens (tertiary/aromatic N) is 2. The minimum atomic E-state index is 0.909. The number of aromatic nitrogens is 2. The predicted octanol–water partition coefficient (Wildman–Crippen LogP) is 4.68. The van der Waals surface area contributed by atoms with E-state index in [1.807, 2.05) is 13.1 Å². The molecule has 0 saturated heterocycles. The van der Waals surface area contributed by atoms with E-state index >= 15 is 0 Å². The highest BCUT2D eigenvalue weighted by molar-refractivity contribution is 6.03. The van der Waals surface area contributed by atoms with Gasteiger partial charge in [-0.15, -0.1) is 0 Å². The van der Waals surface area contributed by atoms with Crippen molar-refractivity contribution in [1.29, 1.82) is 0 Å². The van der Waals surface area contributed by atoms with Crippen LogP contribution < -0.4 is 0 Å². The number of aromatic amines is 1. The van der Waals surface area contributed by atoms with Crippen LogP contribution in [0, 0.1) is 6.92 Å². The van der Waals surface area contributed by atoms with Crippen molar-refractivity contribution >= 4 is 5.71 Å². The zero-order valence-corrected chi connectivity index (χ0v) is 13.7. The van der Waals surface area contributed by atoms with Crippen LogP contribution in [0.15, 0.2) is 71.9 Å². The quantitative estimate of drug-likeness (QED) is 0.746. The Morgan fingerprint density at radius 3 is 2.38 bits per heavy atom. The van der Waals surface area contributed by atoms with E-state index in [0.29, 0.717) is 0 Å². The first-order valence-electron chi connectivity index (χ1n) is 8.20. The standard InChI is InChI=1S/C21H19N3/c1-15-11-21(24-23-15)19-8-3-6-17(14-19)12-16-5-2-7-18(13-16)20-9-4-10-22-20/h2-8,10-11,13-14H,9,12H2,1H3,(H,23,24). The van der Waals surface area contributed by atoms with Gasteiger partial charge in [-0.1, -0.05) is 42.5 Å². The molecule has 24 heavy (non-hydrogen) atoms. The fraction of sp³-hybridized carbons (Fsp3) is 0.143. The number of allylic oxidation sites excluding steroid dienone is 1. The van der Waals surface area contributed by atoms with Crippen molar-refractivity contribution in [3.8, 4) is 11.3 Å². The number of benzene rings is 2. The second kappa shape index (κ2) is 6.28. The molecule has 0 saturated carbocycles. The molecule has 1 aliphatic heterocycles. The molecule has 1 N–H and O–H groups in total. The molecule has 2 aromatic carbocycles. The van der Waals surface area contributed by atoms with Crippen LogP contribution in [0.2, 0.25) is 0 Å². The summed E-state index contributed by atoms with van der Waals surface area (Å²) in [5.74, 6) is 0. The maximum absolute atomic E-state index is 4.43. The highest BCUT2D eigenvalue weighted by Gasteiger charge is 2.07. The number of aliphatic imine (C=N–C) groups is 1. The molecule has 0 unspecified atom stereocenters. The first-order valence-corrected chi connectivity index (χ1v) is 8.20. The summed E-state index contributed by atoms with van der Waals surface area (Å²) in [5.41, 5.74) is 8.18. The van der Waals surface area contributed by atoms with Crippen molar-refractivity contribution < 1.29 is 0 Å². The third-order valence-electron chi connectivity index (χ3n) is 4.24. The molecule has 0 fully saturated rings. The molecule has 0 radical (unpaired) electrons. The SMILES string of the molecule is Cc1cc(-c2cccc(Cc3cccc(C4=NC=CC4)c3)c2)n[nH]1. The van der Waals surface area contributed by atoms with Crippen molar-refractivity contribution in [1.82, 2.24) is 10.2 Å². The van der Waals surface area contributed by atoms with E-state index in [4.69, 9.17) is 0 Å². The predicted molar refractivity (Wildman–Crippen MR) is 98.3 cm³/mol. The summed E-state index contributed by atoms with van der Waals surface area (Å²) in [6.45, 7) is 2.02. The lowest BCUT2D eigenvalue weighted by Crippen LogP contribution is -1.98. The summed E-state index contributed by atoms with van der Waals surface area (Å²) in [7, 11) is 0. The summed E-state index contributed by atoms with van der Waals surface area (Å²) in [6.07, 6.45) is 5.82. The van der Waals surface area contributed by atoms with Crippen molar-refractivity contribution in [2.45, 2.75) is 19.8 Å². The molecule has 0 bridgehead atoms. The molecule has 0 atom stereocenters. The van der Waals surface area contributed by atoms with E-state index in [-0.39, 0.29) is 0 Å². The van der Waals surface area contributed by atoms with Gasteiger partial charge in [-0.25, -0.2) is 0 Å². The molecule has 4 rings (SSSR count). The first kappa shape index (κ1) is 14.6. The van der Waals surface area contributed by atoms with Crippen LogP contribution in [0.4, 0.5) is 0 Å². The Kier molecular flexibility index (Phi) is 3.83. The van der Waals surface area contributed by atoms with Gasteiger partial charge in [0.05, 0.1) is 11.4 Å². The lowest BCUT2D eigenvalue weighted by atomic mass is 9.98. The molecular weight excluding hydrogens is 294 g/mol. The topological polar surface area (TPSA) is 41.0 Å². The Morgan fingerprint density at radius 1 is 0.958 bits per heavy atom. The number of hydrogen-bond donors (Lipinski definition) is 1. The zero-order chi connectivity index (χ0) is 16.4. The third kappa shape index (κ3) is 3.06. The lowest BCUT2D eigenvalue weighted by Gasteiger charge is -2.07. The number of nitrogens with one attached hydrogen (secondary N) is 1. The van der Waals surface area contributed by atoms with E-state index in [1.54, 1.807) is 0 Å². The third-order valence-corrected chi connectivity index (χ3v) is 4.24. The summed E-state index contributed by atoms with van der Waals surface area (Å²) in [5, 5.41) is 7.36. The minimum absolute atomic E-state index is 0.909. The maximum atomic E-state index is 4.43. The molecule has 0 spiro atoms. The molecule has 3 nitrogen and oxygen atoms in total. The van der Waals surface area contributed by atoms with E-state index < -0.39 is 0 Å². The highest BCUT2D eigenvalue weighted by Crippen LogP contribution is 2.21. The van der Waals surface area contributed by atoms with Crippen LogP contribution in [0.3, 0.4) is 0 Å². The first-order chi connectivity index (χ1) is 11.8. The molecule has 3 aromatic rings. The van der Waals surface area contributed by atoms with Crippen LogP contribution in [0.1, 0.15) is 28.8 Å². The molecule has 118 valence electrons. The Bertz CT molecular complexity index is 932. The second-order valence-electron chi connectivity index (χ2n) is 6.18. The van der Waals surface area contributed by atoms with Gasteiger partial charge in [-0.2, -0.15) is 5.10 Å². The number of rotatable bonds is 4. The van der Waals surface area contributed by atoms with Gasteiger partial charge >= 0.3 is 0 Å². The zero-order valence-electron chi connectivity index (χ0n) is 13.7. The van der Waals surface area contributed by atoms with Crippen LogP contribution in [-0.2, 0) is 6.42 Å². The molecule has 2 heterocycles. The van der Waals surface area contributed by atoms with Gasteiger partial charge in [0.2, 0.25) is 0 Å². The van der Waals surface area contributed by atoms with Gasteiger partial charge in [0.1, 0.15) is 0 Å². The second-order valence-corrected chi connectivity index (χ2v) is 6.18. The van der Waals surface area contributed by atoms with Crippen molar-refractivity contribution in [3.63, 3.8) is 0 Å². The molecule has 1 aliphatic rings. The largest absolute Gasteiger partial charge is 0.282 e. The van der Waals surface area contributed by atoms with Gasteiger partial charge in [0.15, 0.2) is 0 Å². The Hall–Kier alpha value is -2.94. The van der Waals surface area contributed by atoms with E-state index in [0.717, 1.165) is 35.5 Å². The fourth-order valence-corrected chi connectivity index (χ4v) is 3.06. The Morgan fingerprint density at radius 2 is 1.71 bits per heavy atom. The van der Waals surface area contributed by atoms with Crippen molar-refractivity contribution in [2.24, 2.45) is 4.99 Å². The van der Waals surface area contributed by atoms with Crippen LogP contribution in [-0.4, -0.2) is 15.9 Å². The lowest BCUT2D eigenvalue weighted by molar-refractivity contribution is 1.05. The van der Waals surface area contributed by atoms with Crippen molar-refractivity contribution in [2.75, 3.05) is 0 Å². The van der Waals surface area contributed by atoms with Gasteiger partial charge in [-0.05, 0) is 48.2 Å². The van der Waals surface area contributed by atoms with Crippen LogP contribution in [0.5, 0.6) is 0 Å². The summed E-state index contributed by atoms with van der Waals surface area (Å²) < 4.78 is 0. The van der Waals surface area contributed by atoms with Gasteiger partial charge in [-0.3, -0.25) is 10.1 Å². The summed E-state index contributed by atoms with van der Waals surface area (Å²) in [6, 6.07) is 19.4. The summed E-state index contributed by atoms with van der Waals surface area (Å²) >= 11 is 0. The number of H-pyrrole nitrogens is 1.